The Labute approximate surface area is 96.9 Å². The molecule has 1 aliphatic rings. The van der Waals surface area contributed by atoms with Gasteiger partial charge in [0.1, 0.15) is 0 Å². The number of rotatable bonds is 5. The first-order valence-electron chi connectivity index (χ1n) is 6.14. The summed E-state index contributed by atoms with van der Waals surface area (Å²) in [7, 11) is 0. The maximum Gasteiger partial charge on any atom is 0.00699 e. The van der Waals surface area contributed by atoms with E-state index in [9.17, 15) is 0 Å². The van der Waals surface area contributed by atoms with Crippen molar-refractivity contribution in [2.75, 3.05) is 6.54 Å². The van der Waals surface area contributed by atoms with E-state index in [1.54, 1.807) is 4.88 Å². The van der Waals surface area contributed by atoms with Crippen molar-refractivity contribution in [2.45, 2.75) is 45.1 Å². The van der Waals surface area contributed by atoms with Crippen molar-refractivity contribution in [1.82, 2.24) is 5.32 Å². The van der Waals surface area contributed by atoms with Crippen LogP contribution in [0.3, 0.4) is 0 Å². The molecule has 1 N–H and O–H groups in total. The van der Waals surface area contributed by atoms with E-state index in [0.717, 1.165) is 12.0 Å². The lowest BCUT2D eigenvalue weighted by Gasteiger charge is -2.12. The van der Waals surface area contributed by atoms with Crippen LogP contribution in [0.5, 0.6) is 0 Å². The summed E-state index contributed by atoms with van der Waals surface area (Å²) in [4.78, 5) is 1.57. The summed E-state index contributed by atoms with van der Waals surface area (Å²) in [5, 5.41) is 5.84. The molecule has 0 spiro atoms. The molecule has 0 radical (unpaired) electrons. The molecule has 0 aliphatic heterocycles. The van der Waals surface area contributed by atoms with Crippen molar-refractivity contribution in [3.05, 3.63) is 22.4 Å². The average molecular weight is 223 g/mol. The molecule has 1 heterocycles. The predicted octanol–water partition coefficient (Wildman–Crippen LogP) is 3.46. The molecule has 0 bridgehead atoms. The van der Waals surface area contributed by atoms with Crippen molar-refractivity contribution >= 4 is 11.3 Å². The van der Waals surface area contributed by atoms with Gasteiger partial charge in [0.2, 0.25) is 0 Å². The van der Waals surface area contributed by atoms with Gasteiger partial charge in [-0.25, -0.2) is 0 Å². The molecule has 0 amide bonds. The van der Waals surface area contributed by atoms with Gasteiger partial charge in [-0.1, -0.05) is 13.0 Å². The highest BCUT2D eigenvalue weighted by Gasteiger charge is 2.24. The van der Waals surface area contributed by atoms with E-state index in [4.69, 9.17) is 0 Å². The maximum atomic E-state index is 3.64. The van der Waals surface area contributed by atoms with Crippen molar-refractivity contribution in [1.29, 1.82) is 0 Å². The van der Waals surface area contributed by atoms with Gasteiger partial charge in [0.05, 0.1) is 0 Å². The molecule has 1 fully saturated rings. The van der Waals surface area contributed by atoms with Crippen LogP contribution in [0.25, 0.3) is 0 Å². The number of thiophene rings is 1. The highest BCUT2D eigenvalue weighted by atomic mass is 32.1. The van der Waals surface area contributed by atoms with Gasteiger partial charge in [-0.05, 0) is 56.0 Å². The lowest BCUT2D eigenvalue weighted by Crippen LogP contribution is -2.27. The van der Waals surface area contributed by atoms with E-state index in [1.165, 1.54) is 38.6 Å². The van der Waals surface area contributed by atoms with Crippen LogP contribution in [0.1, 0.15) is 37.5 Å². The van der Waals surface area contributed by atoms with Crippen LogP contribution in [0, 0.1) is 5.92 Å². The predicted molar refractivity (Wildman–Crippen MR) is 67.4 cm³/mol. The second kappa shape index (κ2) is 5.66. The Morgan fingerprint density at radius 3 is 3.13 bits per heavy atom. The normalized spacial score (nSPS) is 25.9. The van der Waals surface area contributed by atoms with Crippen LogP contribution < -0.4 is 5.32 Å². The standard InChI is InChI=1S/C13H21NS/c1-2-7-14-12-6-5-11(9-12)10-13-4-3-8-15-13/h3-4,8,11-12,14H,2,5-7,9-10H2,1H3. The summed E-state index contributed by atoms with van der Waals surface area (Å²) in [5.41, 5.74) is 0. The Morgan fingerprint density at radius 2 is 2.40 bits per heavy atom. The molecule has 1 aromatic heterocycles. The number of hydrogen-bond donors (Lipinski definition) is 1. The smallest absolute Gasteiger partial charge is 0.00699 e. The third kappa shape index (κ3) is 3.32. The molecular formula is C13H21NS. The molecule has 84 valence electrons. The Hall–Kier alpha value is -0.340. The van der Waals surface area contributed by atoms with Crippen molar-refractivity contribution in [3.8, 4) is 0 Å². The largest absolute Gasteiger partial charge is 0.314 e. The lowest BCUT2D eigenvalue weighted by atomic mass is 10.0. The minimum atomic E-state index is 0.801. The van der Waals surface area contributed by atoms with Crippen molar-refractivity contribution in [2.24, 2.45) is 5.92 Å². The van der Waals surface area contributed by atoms with Gasteiger partial charge >= 0.3 is 0 Å². The molecule has 1 saturated carbocycles. The summed E-state index contributed by atoms with van der Waals surface area (Å²) in [5.74, 6) is 0.929. The van der Waals surface area contributed by atoms with E-state index in [2.05, 4.69) is 29.8 Å². The molecule has 2 rings (SSSR count). The monoisotopic (exact) mass is 223 g/mol. The fourth-order valence-corrected chi connectivity index (χ4v) is 3.33. The number of hydrogen-bond acceptors (Lipinski definition) is 2. The molecule has 0 saturated heterocycles. The second-order valence-corrected chi connectivity index (χ2v) is 5.65. The summed E-state index contributed by atoms with van der Waals surface area (Å²) in [6.45, 7) is 3.43. The maximum absolute atomic E-state index is 3.64. The first-order valence-corrected chi connectivity index (χ1v) is 7.02. The molecular weight excluding hydrogens is 202 g/mol. The molecule has 2 heteroatoms. The van der Waals surface area contributed by atoms with Gasteiger partial charge in [0.25, 0.3) is 0 Å². The van der Waals surface area contributed by atoms with Crippen LogP contribution in [0.2, 0.25) is 0 Å². The van der Waals surface area contributed by atoms with Crippen molar-refractivity contribution in [3.63, 3.8) is 0 Å². The number of nitrogens with one attached hydrogen (secondary N) is 1. The van der Waals surface area contributed by atoms with Gasteiger partial charge in [0, 0.05) is 10.9 Å². The minimum absolute atomic E-state index is 0.801. The Morgan fingerprint density at radius 1 is 1.47 bits per heavy atom. The zero-order valence-corrected chi connectivity index (χ0v) is 10.4. The van der Waals surface area contributed by atoms with E-state index in [-0.39, 0.29) is 0 Å². The first kappa shape index (κ1) is 11.2. The van der Waals surface area contributed by atoms with E-state index in [1.807, 2.05) is 11.3 Å². The highest BCUT2D eigenvalue weighted by Crippen LogP contribution is 2.29. The van der Waals surface area contributed by atoms with Gasteiger partial charge in [-0.3, -0.25) is 0 Å². The van der Waals surface area contributed by atoms with Gasteiger partial charge in [0.15, 0.2) is 0 Å². The average Bonchev–Trinajstić information content (AvgIpc) is 2.87. The van der Waals surface area contributed by atoms with Crippen molar-refractivity contribution < 1.29 is 0 Å². The highest BCUT2D eigenvalue weighted by molar-refractivity contribution is 7.09. The Balaban J connectivity index is 1.73. The van der Waals surface area contributed by atoms with E-state index < -0.39 is 0 Å². The third-order valence-corrected chi connectivity index (χ3v) is 4.19. The fraction of sp³-hybridized carbons (Fsp3) is 0.692. The van der Waals surface area contributed by atoms with Gasteiger partial charge < -0.3 is 5.32 Å². The molecule has 2 unspecified atom stereocenters. The molecule has 15 heavy (non-hydrogen) atoms. The van der Waals surface area contributed by atoms with Gasteiger partial charge in [-0.2, -0.15) is 0 Å². The van der Waals surface area contributed by atoms with Crippen LogP contribution in [0.15, 0.2) is 17.5 Å². The second-order valence-electron chi connectivity index (χ2n) is 4.61. The molecule has 2 atom stereocenters. The van der Waals surface area contributed by atoms with Crippen LogP contribution in [-0.2, 0) is 6.42 Å². The third-order valence-electron chi connectivity index (χ3n) is 3.29. The summed E-state index contributed by atoms with van der Waals surface area (Å²) < 4.78 is 0. The van der Waals surface area contributed by atoms with E-state index in [0.29, 0.717) is 0 Å². The zero-order valence-electron chi connectivity index (χ0n) is 9.54. The molecule has 1 aromatic rings. The molecule has 1 aliphatic carbocycles. The van der Waals surface area contributed by atoms with Gasteiger partial charge in [-0.15, -0.1) is 11.3 Å². The SMILES string of the molecule is CCCNC1CCC(Cc2cccs2)C1. The summed E-state index contributed by atoms with van der Waals surface area (Å²) >= 11 is 1.91. The summed E-state index contributed by atoms with van der Waals surface area (Å²) in [6.07, 6.45) is 6.75. The summed E-state index contributed by atoms with van der Waals surface area (Å²) in [6, 6.07) is 5.24. The fourth-order valence-electron chi connectivity index (χ4n) is 2.51. The zero-order chi connectivity index (χ0) is 10.5. The Kier molecular flexibility index (Phi) is 4.21. The quantitative estimate of drug-likeness (QED) is 0.806. The van der Waals surface area contributed by atoms with E-state index >= 15 is 0 Å². The lowest BCUT2D eigenvalue weighted by molar-refractivity contribution is 0.486. The minimum Gasteiger partial charge on any atom is -0.314 e. The first-order chi connectivity index (χ1) is 7.38. The van der Waals surface area contributed by atoms with Crippen LogP contribution in [0.4, 0.5) is 0 Å². The Bertz CT molecular complexity index is 268. The van der Waals surface area contributed by atoms with Crippen LogP contribution in [-0.4, -0.2) is 12.6 Å². The van der Waals surface area contributed by atoms with Crippen LogP contribution >= 0.6 is 11.3 Å². The molecule has 0 aromatic carbocycles. The molecule has 1 nitrogen and oxygen atoms in total. The topological polar surface area (TPSA) is 12.0 Å².